The van der Waals surface area contributed by atoms with Crippen molar-refractivity contribution in [3.8, 4) is 0 Å². The molecule has 0 amide bonds. The number of hydrogen-bond donors (Lipinski definition) is 1. The van der Waals surface area contributed by atoms with Crippen LogP contribution in [-0.4, -0.2) is 33.8 Å². The standard InChI is InChI=1S/C15H20N4O5/c1-4-24-7-5-6-16-10-8-12-13(9-11(10)19(22)23)18(3)15(21)14(20)17(12)2/h8-9,16H,4-7H2,1-3H3. The zero-order chi connectivity index (χ0) is 17.9. The molecule has 0 atom stereocenters. The second-order valence-corrected chi connectivity index (χ2v) is 5.32. The van der Waals surface area contributed by atoms with Crippen LogP contribution in [0, 0.1) is 10.1 Å². The zero-order valence-corrected chi connectivity index (χ0v) is 13.9. The van der Waals surface area contributed by atoms with E-state index in [1.807, 2.05) is 6.92 Å². The molecule has 1 heterocycles. The van der Waals surface area contributed by atoms with E-state index in [2.05, 4.69) is 5.32 Å². The SMILES string of the molecule is CCOCCCNc1cc2c(cc1[N+](=O)[O-])n(C)c(=O)c(=O)n2C. The van der Waals surface area contributed by atoms with Crippen molar-refractivity contribution in [1.29, 1.82) is 0 Å². The summed E-state index contributed by atoms with van der Waals surface area (Å²) in [5.74, 6) is 0. The van der Waals surface area contributed by atoms with Crippen molar-refractivity contribution in [3.63, 3.8) is 0 Å². The van der Waals surface area contributed by atoms with E-state index in [0.29, 0.717) is 42.9 Å². The molecule has 0 spiro atoms. The fraction of sp³-hybridized carbons (Fsp3) is 0.467. The van der Waals surface area contributed by atoms with Crippen LogP contribution in [-0.2, 0) is 18.8 Å². The molecule has 0 fully saturated rings. The lowest BCUT2D eigenvalue weighted by molar-refractivity contribution is -0.383. The molecular weight excluding hydrogens is 316 g/mol. The third-order valence-corrected chi connectivity index (χ3v) is 3.79. The number of nitro benzene ring substituents is 1. The van der Waals surface area contributed by atoms with Gasteiger partial charge >= 0.3 is 11.1 Å². The van der Waals surface area contributed by atoms with E-state index >= 15 is 0 Å². The maximum Gasteiger partial charge on any atom is 0.316 e. The van der Waals surface area contributed by atoms with Crippen LogP contribution in [0.15, 0.2) is 21.7 Å². The largest absolute Gasteiger partial charge is 0.382 e. The first kappa shape index (κ1) is 17.7. The Kier molecular flexibility index (Phi) is 5.35. The third kappa shape index (κ3) is 3.30. The second-order valence-electron chi connectivity index (χ2n) is 5.32. The normalized spacial score (nSPS) is 11.0. The second kappa shape index (κ2) is 7.26. The van der Waals surface area contributed by atoms with Crippen molar-refractivity contribution >= 4 is 22.4 Å². The molecule has 0 aliphatic heterocycles. The van der Waals surface area contributed by atoms with Gasteiger partial charge in [0.1, 0.15) is 5.69 Å². The molecule has 2 rings (SSSR count). The smallest absolute Gasteiger partial charge is 0.316 e. The predicted molar refractivity (Wildman–Crippen MR) is 90.7 cm³/mol. The van der Waals surface area contributed by atoms with E-state index in [1.165, 1.54) is 30.8 Å². The fourth-order valence-electron chi connectivity index (χ4n) is 2.44. The lowest BCUT2D eigenvalue weighted by Gasteiger charge is -2.12. The van der Waals surface area contributed by atoms with Crippen LogP contribution in [0.3, 0.4) is 0 Å². The molecule has 0 aliphatic carbocycles. The quantitative estimate of drug-likeness (QED) is 0.349. The van der Waals surface area contributed by atoms with Crippen molar-refractivity contribution in [3.05, 3.63) is 43.0 Å². The van der Waals surface area contributed by atoms with E-state index < -0.39 is 16.0 Å². The molecular formula is C15H20N4O5. The summed E-state index contributed by atoms with van der Waals surface area (Å²) in [6.45, 7) is 3.56. The Bertz CT molecular complexity index is 884. The van der Waals surface area contributed by atoms with Crippen molar-refractivity contribution < 1.29 is 9.66 Å². The van der Waals surface area contributed by atoms with Gasteiger partial charge in [0.05, 0.1) is 16.0 Å². The van der Waals surface area contributed by atoms with Gasteiger partial charge in [-0.3, -0.25) is 19.7 Å². The number of fused-ring (bicyclic) bond motifs is 1. The first-order chi connectivity index (χ1) is 11.4. The van der Waals surface area contributed by atoms with Crippen LogP contribution < -0.4 is 16.4 Å². The van der Waals surface area contributed by atoms with Crippen molar-refractivity contribution in [2.24, 2.45) is 14.1 Å². The van der Waals surface area contributed by atoms with Gasteiger partial charge in [0.15, 0.2) is 0 Å². The molecule has 2 aromatic rings. The lowest BCUT2D eigenvalue weighted by Crippen LogP contribution is -2.39. The molecule has 0 radical (unpaired) electrons. The molecule has 0 saturated heterocycles. The molecule has 1 aromatic heterocycles. The highest BCUT2D eigenvalue weighted by Gasteiger charge is 2.19. The molecule has 0 saturated carbocycles. The summed E-state index contributed by atoms with van der Waals surface area (Å²) < 4.78 is 7.56. The Balaban J connectivity index is 2.50. The Hall–Kier alpha value is -2.68. The third-order valence-electron chi connectivity index (χ3n) is 3.79. The monoisotopic (exact) mass is 336 g/mol. The van der Waals surface area contributed by atoms with Gasteiger partial charge in [0.25, 0.3) is 5.69 Å². The van der Waals surface area contributed by atoms with Crippen LogP contribution in [0.25, 0.3) is 11.0 Å². The van der Waals surface area contributed by atoms with E-state index in [4.69, 9.17) is 4.74 Å². The number of aryl methyl sites for hydroxylation is 2. The summed E-state index contributed by atoms with van der Waals surface area (Å²) in [4.78, 5) is 34.6. The van der Waals surface area contributed by atoms with Crippen LogP contribution >= 0.6 is 0 Å². The molecule has 130 valence electrons. The van der Waals surface area contributed by atoms with Gasteiger partial charge < -0.3 is 19.2 Å². The molecule has 0 bridgehead atoms. The minimum absolute atomic E-state index is 0.146. The number of benzene rings is 1. The fourth-order valence-corrected chi connectivity index (χ4v) is 2.44. The van der Waals surface area contributed by atoms with Gasteiger partial charge in [-0.1, -0.05) is 0 Å². The highest BCUT2D eigenvalue weighted by molar-refractivity contribution is 5.85. The number of nitrogens with zero attached hydrogens (tertiary/aromatic N) is 3. The maximum atomic E-state index is 11.9. The number of aromatic nitrogens is 2. The van der Waals surface area contributed by atoms with Crippen LogP contribution in [0.5, 0.6) is 0 Å². The Morgan fingerprint density at radius 2 is 1.75 bits per heavy atom. The highest BCUT2D eigenvalue weighted by Crippen LogP contribution is 2.28. The van der Waals surface area contributed by atoms with Crippen molar-refractivity contribution in [1.82, 2.24) is 9.13 Å². The van der Waals surface area contributed by atoms with Crippen molar-refractivity contribution in [2.45, 2.75) is 13.3 Å². The van der Waals surface area contributed by atoms with E-state index in [0.717, 1.165) is 4.57 Å². The molecule has 0 unspecified atom stereocenters. The molecule has 24 heavy (non-hydrogen) atoms. The van der Waals surface area contributed by atoms with Crippen LogP contribution in [0.2, 0.25) is 0 Å². The van der Waals surface area contributed by atoms with Gasteiger partial charge in [-0.15, -0.1) is 0 Å². The van der Waals surface area contributed by atoms with Gasteiger partial charge in [-0.25, -0.2) is 0 Å². The first-order valence-electron chi connectivity index (χ1n) is 7.58. The Morgan fingerprint density at radius 3 is 2.29 bits per heavy atom. The Labute approximate surface area is 137 Å². The number of rotatable bonds is 7. The first-order valence-corrected chi connectivity index (χ1v) is 7.58. The maximum absolute atomic E-state index is 11.9. The van der Waals surface area contributed by atoms with Crippen LogP contribution in [0.1, 0.15) is 13.3 Å². The summed E-state index contributed by atoms with van der Waals surface area (Å²) in [7, 11) is 2.89. The van der Waals surface area contributed by atoms with Crippen molar-refractivity contribution in [2.75, 3.05) is 25.1 Å². The lowest BCUT2D eigenvalue weighted by atomic mass is 10.2. The molecule has 1 N–H and O–H groups in total. The average molecular weight is 336 g/mol. The van der Waals surface area contributed by atoms with Gasteiger partial charge in [-0.2, -0.15) is 0 Å². The van der Waals surface area contributed by atoms with Gasteiger partial charge in [0, 0.05) is 39.9 Å². The van der Waals surface area contributed by atoms with E-state index in [1.54, 1.807) is 0 Å². The van der Waals surface area contributed by atoms with E-state index in [9.17, 15) is 19.7 Å². The number of nitro groups is 1. The summed E-state index contributed by atoms with van der Waals surface area (Å²) in [5, 5.41) is 14.3. The van der Waals surface area contributed by atoms with Gasteiger partial charge in [-0.05, 0) is 19.4 Å². The highest BCUT2D eigenvalue weighted by atomic mass is 16.6. The zero-order valence-electron chi connectivity index (χ0n) is 13.9. The summed E-state index contributed by atoms with van der Waals surface area (Å²) in [6.07, 6.45) is 0.690. The number of hydrogen-bond acceptors (Lipinski definition) is 6. The molecule has 0 aliphatic rings. The summed E-state index contributed by atoms with van der Waals surface area (Å²) >= 11 is 0. The summed E-state index contributed by atoms with van der Waals surface area (Å²) in [6, 6.07) is 2.83. The number of anilines is 1. The minimum Gasteiger partial charge on any atom is -0.382 e. The average Bonchev–Trinajstić information content (AvgIpc) is 2.57. The molecule has 1 aromatic carbocycles. The predicted octanol–water partition coefficient (Wildman–Crippen LogP) is 0.984. The Morgan fingerprint density at radius 1 is 1.17 bits per heavy atom. The van der Waals surface area contributed by atoms with Crippen LogP contribution in [0.4, 0.5) is 11.4 Å². The molecule has 9 heteroatoms. The van der Waals surface area contributed by atoms with Gasteiger partial charge in [0.2, 0.25) is 0 Å². The minimum atomic E-state index is -0.725. The topological polar surface area (TPSA) is 108 Å². The van der Waals surface area contributed by atoms with E-state index in [-0.39, 0.29) is 5.69 Å². The number of nitrogens with one attached hydrogen (secondary N) is 1. The molecule has 9 nitrogen and oxygen atoms in total. The summed E-state index contributed by atoms with van der Waals surface area (Å²) in [5.41, 5.74) is -0.475. The number of ether oxygens (including phenoxy) is 1.